The van der Waals surface area contributed by atoms with Crippen molar-refractivity contribution in [2.75, 3.05) is 20.7 Å². The second-order valence-corrected chi connectivity index (χ2v) is 3.25. The van der Waals surface area contributed by atoms with Crippen LogP contribution >= 0.6 is 0 Å². The van der Waals surface area contributed by atoms with Crippen molar-refractivity contribution in [1.82, 2.24) is 4.90 Å². The van der Waals surface area contributed by atoms with E-state index >= 15 is 0 Å². The first-order valence-corrected chi connectivity index (χ1v) is 4.21. The molecule has 0 aromatic heterocycles. The van der Waals surface area contributed by atoms with E-state index in [2.05, 4.69) is 0 Å². The van der Waals surface area contributed by atoms with Gasteiger partial charge in [-0.2, -0.15) is 0 Å². The molecule has 0 aliphatic carbocycles. The van der Waals surface area contributed by atoms with Gasteiger partial charge in [0.25, 0.3) is 0 Å². The van der Waals surface area contributed by atoms with Gasteiger partial charge in [0, 0.05) is 0 Å². The molecule has 2 N–H and O–H groups in total. The second kappa shape index (κ2) is 4.25. The lowest BCUT2D eigenvalue weighted by Gasteiger charge is -2.22. The van der Waals surface area contributed by atoms with Crippen LogP contribution in [-0.4, -0.2) is 35.8 Å². The molecule has 0 bridgehead atoms. The summed E-state index contributed by atoms with van der Waals surface area (Å²) in [5.41, 5.74) is 1.00. The molecule has 0 saturated heterocycles. The van der Waals surface area contributed by atoms with E-state index in [9.17, 15) is 0 Å². The molecule has 1 aromatic carbocycles. The fourth-order valence-corrected chi connectivity index (χ4v) is 1.26. The van der Waals surface area contributed by atoms with E-state index in [4.69, 9.17) is 10.2 Å². The number of hydrogen-bond acceptors (Lipinski definition) is 3. The molecule has 0 radical (unpaired) electrons. The third-order valence-electron chi connectivity index (χ3n) is 2.07. The SMILES string of the molecule is CN(C)C(CO)c1ccc(O)cc1. The van der Waals surface area contributed by atoms with Crippen LogP contribution in [0.1, 0.15) is 11.6 Å². The molecule has 0 spiro atoms. The van der Waals surface area contributed by atoms with Gasteiger partial charge < -0.3 is 15.1 Å². The fourth-order valence-electron chi connectivity index (χ4n) is 1.26. The van der Waals surface area contributed by atoms with Crippen molar-refractivity contribution >= 4 is 0 Å². The van der Waals surface area contributed by atoms with E-state index in [-0.39, 0.29) is 18.4 Å². The van der Waals surface area contributed by atoms with E-state index < -0.39 is 0 Å². The third kappa shape index (κ3) is 2.44. The maximum absolute atomic E-state index is 9.12. The Morgan fingerprint density at radius 1 is 1.23 bits per heavy atom. The van der Waals surface area contributed by atoms with Gasteiger partial charge in [-0.25, -0.2) is 0 Å². The lowest BCUT2D eigenvalue weighted by atomic mass is 10.1. The minimum absolute atomic E-state index is 0.000556. The minimum Gasteiger partial charge on any atom is -0.508 e. The minimum atomic E-state index is 0.000556. The Kier molecular flexibility index (Phi) is 3.28. The highest BCUT2D eigenvalue weighted by Gasteiger charge is 2.11. The van der Waals surface area contributed by atoms with E-state index in [0.717, 1.165) is 5.56 Å². The normalized spacial score (nSPS) is 13.2. The van der Waals surface area contributed by atoms with Gasteiger partial charge >= 0.3 is 0 Å². The zero-order valence-electron chi connectivity index (χ0n) is 7.94. The summed E-state index contributed by atoms with van der Waals surface area (Å²) in [6.45, 7) is 0.0811. The predicted molar refractivity (Wildman–Crippen MR) is 51.6 cm³/mol. The number of aliphatic hydroxyl groups excluding tert-OH is 1. The smallest absolute Gasteiger partial charge is 0.115 e. The van der Waals surface area contributed by atoms with E-state index in [0.29, 0.717) is 0 Å². The summed E-state index contributed by atoms with van der Waals surface area (Å²) in [6.07, 6.45) is 0. The van der Waals surface area contributed by atoms with E-state index in [1.54, 1.807) is 12.1 Å². The maximum Gasteiger partial charge on any atom is 0.115 e. The number of phenolic OH excluding ortho intramolecular Hbond substituents is 1. The summed E-state index contributed by atoms with van der Waals surface area (Å²) in [7, 11) is 3.82. The highest BCUT2D eigenvalue weighted by Crippen LogP contribution is 2.19. The first kappa shape index (κ1) is 10.0. The van der Waals surface area contributed by atoms with Gasteiger partial charge in [0.1, 0.15) is 5.75 Å². The standard InChI is InChI=1S/C10H15NO2/c1-11(2)10(7-12)8-3-5-9(13)6-4-8/h3-6,10,12-13H,7H2,1-2H3. The summed E-state index contributed by atoms with van der Waals surface area (Å²) < 4.78 is 0. The molecule has 0 saturated carbocycles. The van der Waals surface area contributed by atoms with Gasteiger partial charge in [-0.3, -0.25) is 0 Å². The van der Waals surface area contributed by atoms with Gasteiger partial charge in [0.15, 0.2) is 0 Å². The van der Waals surface area contributed by atoms with Crippen LogP contribution in [0.2, 0.25) is 0 Å². The molecule has 0 aliphatic rings. The van der Waals surface area contributed by atoms with Crippen LogP contribution in [0, 0.1) is 0 Å². The van der Waals surface area contributed by atoms with Crippen molar-refractivity contribution in [3.63, 3.8) is 0 Å². The lowest BCUT2D eigenvalue weighted by Crippen LogP contribution is -2.22. The van der Waals surface area contributed by atoms with Crippen LogP contribution in [-0.2, 0) is 0 Å². The van der Waals surface area contributed by atoms with Crippen molar-refractivity contribution in [1.29, 1.82) is 0 Å². The number of benzene rings is 1. The molecule has 3 heteroatoms. The Labute approximate surface area is 78.2 Å². The summed E-state index contributed by atoms with van der Waals surface area (Å²) in [5, 5.41) is 18.2. The fraction of sp³-hybridized carbons (Fsp3) is 0.400. The van der Waals surface area contributed by atoms with Crippen LogP contribution in [0.15, 0.2) is 24.3 Å². The van der Waals surface area contributed by atoms with Crippen LogP contribution in [0.25, 0.3) is 0 Å². The quantitative estimate of drug-likeness (QED) is 0.730. The summed E-state index contributed by atoms with van der Waals surface area (Å²) in [4.78, 5) is 1.94. The average molecular weight is 181 g/mol. The van der Waals surface area contributed by atoms with Crippen molar-refractivity contribution in [2.45, 2.75) is 6.04 Å². The first-order valence-electron chi connectivity index (χ1n) is 4.21. The molecule has 1 atom stereocenters. The molecular weight excluding hydrogens is 166 g/mol. The Morgan fingerprint density at radius 2 is 1.77 bits per heavy atom. The Hall–Kier alpha value is -1.06. The molecular formula is C10H15NO2. The number of aromatic hydroxyl groups is 1. The topological polar surface area (TPSA) is 43.7 Å². The van der Waals surface area contributed by atoms with Gasteiger partial charge in [-0.15, -0.1) is 0 Å². The van der Waals surface area contributed by atoms with E-state index in [1.807, 2.05) is 31.1 Å². The Bertz CT molecular complexity index is 256. The van der Waals surface area contributed by atoms with Crippen molar-refractivity contribution < 1.29 is 10.2 Å². The van der Waals surface area contributed by atoms with Gasteiger partial charge in [-0.05, 0) is 31.8 Å². The van der Waals surface area contributed by atoms with E-state index in [1.165, 1.54) is 0 Å². The predicted octanol–water partition coefficient (Wildman–Crippen LogP) is 0.987. The van der Waals surface area contributed by atoms with Crippen LogP contribution < -0.4 is 0 Å². The van der Waals surface area contributed by atoms with Crippen molar-refractivity contribution in [3.8, 4) is 5.75 Å². The molecule has 0 heterocycles. The molecule has 0 aliphatic heterocycles. The highest BCUT2D eigenvalue weighted by atomic mass is 16.3. The van der Waals surface area contributed by atoms with Crippen LogP contribution in [0.5, 0.6) is 5.75 Å². The third-order valence-corrected chi connectivity index (χ3v) is 2.07. The molecule has 1 aromatic rings. The molecule has 13 heavy (non-hydrogen) atoms. The summed E-state index contributed by atoms with van der Waals surface area (Å²) >= 11 is 0. The molecule has 0 amide bonds. The molecule has 72 valence electrons. The van der Waals surface area contributed by atoms with Crippen molar-refractivity contribution in [2.24, 2.45) is 0 Å². The number of hydrogen-bond donors (Lipinski definition) is 2. The number of phenols is 1. The average Bonchev–Trinajstić information content (AvgIpc) is 2.09. The first-order chi connectivity index (χ1) is 6.15. The van der Waals surface area contributed by atoms with Gasteiger partial charge in [0.2, 0.25) is 0 Å². The van der Waals surface area contributed by atoms with Crippen LogP contribution in [0.3, 0.4) is 0 Å². The lowest BCUT2D eigenvalue weighted by molar-refractivity contribution is 0.171. The number of rotatable bonds is 3. The molecule has 1 rings (SSSR count). The van der Waals surface area contributed by atoms with Gasteiger partial charge in [0.05, 0.1) is 12.6 Å². The Balaban J connectivity index is 2.86. The summed E-state index contributed by atoms with van der Waals surface area (Å²) in [5.74, 6) is 0.249. The highest BCUT2D eigenvalue weighted by molar-refractivity contribution is 5.28. The number of nitrogens with zero attached hydrogens (tertiary/aromatic N) is 1. The number of likely N-dealkylation sites (N-methyl/N-ethyl adjacent to an activating group) is 1. The summed E-state index contributed by atoms with van der Waals surface area (Å²) in [6, 6.07) is 6.88. The molecule has 0 fully saturated rings. The second-order valence-electron chi connectivity index (χ2n) is 3.25. The maximum atomic E-state index is 9.12. The van der Waals surface area contributed by atoms with Crippen molar-refractivity contribution in [3.05, 3.63) is 29.8 Å². The molecule has 1 unspecified atom stereocenters. The monoisotopic (exact) mass is 181 g/mol. The zero-order valence-corrected chi connectivity index (χ0v) is 7.94. The van der Waals surface area contributed by atoms with Crippen LogP contribution in [0.4, 0.5) is 0 Å². The molecule has 3 nitrogen and oxygen atoms in total. The van der Waals surface area contributed by atoms with Gasteiger partial charge in [-0.1, -0.05) is 12.1 Å². The largest absolute Gasteiger partial charge is 0.508 e. The zero-order chi connectivity index (χ0) is 9.84. The Morgan fingerprint density at radius 3 is 2.15 bits per heavy atom. The number of aliphatic hydroxyl groups is 1.